The van der Waals surface area contributed by atoms with Gasteiger partial charge in [0.05, 0.1) is 0 Å². The van der Waals surface area contributed by atoms with E-state index < -0.39 is 21.1 Å². The van der Waals surface area contributed by atoms with Crippen molar-refractivity contribution >= 4 is 15.9 Å². The van der Waals surface area contributed by atoms with Crippen LogP contribution < -0.4 is 4.72 Å². The first-order valence-electron chi connectivity index (χ1n) is 6.65. The molecular formula is C15H12N4O3S. The third-order valence-corrected chi connectivity index (χ3v) is 4.29. The van der Waals surface area contributed by atoms with Crippen LogP contribution in [-0.2, 0) is 10.0 Å². The molecule has 0 aliphatic carbocycles. The van der Waals surface area contributed by atoms with Crippen LogP contribution in [0.25, 0.3) is 11.1 Å². The minimum atomic E-state index is -4.09. The highest BCUT2D eigenvalue weighted by molar-refractivity contribution is 7.89. The summed E-state index contributed by atoms with van der Waals surface area (Å²) in [7, 11) is -4.09. The molecule has 0 fully saturated rings. The van der Waals surface area contributed by atoms with Gasteiger partial charge in [-0.15, -0.1) is 0 Å². The first-order chi connectivity index (χ1) is 11.1. The number of aromatic nitrogens is 3. The summed E-state index contributed by atoms with van der Waals surface area (Å²) in [5.74, 6) is -0.735. The summed E-state index contributed by atoms with van der Waals surface area (Å²) in [6.45, 7) is 0. The van der Waals surface area contributed by atoms with Crippen molar-refractivity contribution in [2.45, 2.75) is 5.16 Å². The van der Waals surface area contributed by atoms with Crippen molar-refractivity contribution in [2.75, 3.05) is 0 Å². The zero-order chi connectivity index (χ0) is 16.3. The minimum absolute atomic E-state index is 0.252. The Bertz CT molecular complexity index is 922. The summed E-state index contributed by atoms with van der Waals surface area (Å²) in [6, 6.07) is 16.0. The number of nitrogens with one attached hydrogen (secondary N) is 2. The summed E-state index contributed by atoms with van der Waals surface area (Å²) in [4.78, 5) is 15.9. The van der Waals surface area contributed by atoms with Gasteiger partial charge in [0, 0.05) is 5.56 Å². The lowest BCUT2D eigenvalue weighted by molar-refractivity contribution is 0.0982. The number of benzene rings is 2. The van der Waals surface area contributed by atoms with Crippen LogP contribution in [0.3, 0.4) is 0 Å². The predicted octanol–water partition coefficient (Wildman–Crippen LogP) is 1.59. The number of carbonyl (C=O) groups is 1. The van der Waals surface area contributed by atoms with E-state index in [0.717, 1.165) is 11.9 Å². The Hall–Kier alpha value is -3.00. The summed E-state index contributed by atoms with van der Waals surface area (Å²) >= 11 is 0. The number of H-pyrrole nitrogens is 1. The lowest BCUT2D eigenvalue weighted by Gasteiger charge is -2.09. The van der Waals surface area contributed by atoms with E-state index in [9.17, 15) is 13.2 Å². The van der Waals surface area contributed by atoms with Crippen molar-refractivity contribution < 1.29 is 13.2 Å². The van der Waals surface area contributed by atoms with Crippen LogP contribution in [0.1, 0.15) is 10.4 Å². The topological polar surface area (TPSA) is 105 Å². The average molecular weight is 328 g/mol. The number of hydrogen-bond acceptors (Lipinski definition) is 5. The third kappa shape index (κ3) is 3.11. The molecule has 1 heterocycles. The maximum atomic E-state index is 12.4. The second-order valence-corrected chi connectivity index (χ2v) is 6.23. The van der Waals surface area contributed by atoms with Crippen LogP contribution in [0, 0.1) is 0 Å². The lowest BCUT2D eigenvalue weighted by Crippen LogP contribution is -2.31. The van der Waals surface area contributed by atoms with Gasteiger partial charge in [-0.3, -0.25) is 4.79 Å². The standard InChI is InChI=1S/C15H12N4O3S/c20-14(19-23(21,22)15-16-10-17-18-15)13-9-5-4-8-12(13)11-6-2-1-3-7-11/h1-10H,(H,19,20)(H,16,17,18). The summed E-state index contributed by atoms with van der Waals surface area (Å²) in [5.41, 5.74) is 1.70. The molecule has 0 spiro atoms. The highest BCUT2D eigenvalue weighted by Crippen LogP contribution is 2.23. The Morgan fingerprint density at radius 1 is 1.00 bits per heavy atom. The normalized spacial score (nSPS) is 11.1. The Balaban J connectivity index is 1.95. The Morgan fingerprint density at radius 2 is 1.70 bits per heavy atom. The van der Waals surface area contributed by atoms with Gasteiger partial charge in [-0.05, 0) is 17.2 Å². The lowest BCUT2D eigenvalue weighted by atomic mass is 9.99. The highest BCUT2D eigenvalue weighted by atomic mass is 32.2. The fourth-order valence-electron chi connectivity index (χ4n) is 2.10. The summed E-state index contributed by atoms with van der Waals surface area (Å²) in [6.07, 6.45) is 1.05. The van der Waals surface area contributed by atoms with E-state index in [4.69, 9.17) is 0 Å². The molecule has 3 rings (SSSR count). The summed E-state index contributed by atoms with van der Waals surface area (Å²) < 4.78 is 26.1. The van der Waals surface area contributed by atoms with Gasteiger partial charge in [-0.1, -0.05) is 48.5 Å². The second-order valence-electron chi connectivity index (χ2n) is 4.64. The average Bonchev–Trinajstić information content (AvgIpc) is 3.11. The van der Waals surface area contributed by atoms with E-state index in [1.165, 1.54) is 0 Å². The molecule has 7 nitrogen and oxygen atoms in total. The Morgan fingerprint density at radius 3 is 2.39 bits per heavy atom. The van der Waals surface area contributed by atoms with Gasteiger partial charge in [0.15, 0.2) is 0 Å². The number of aromatic amines is 1. The largest absolute Gasteiger partial charge is 0.299 e. The molecule has 0 saturated heterocycles. The van der Waals surface area contributed by atoms with Crippen LogP contribution in [0.4, 0.5) is 0 Å². The van der Waals surface area contributed by atoms with Gasteiger partial charge in [0.25, 0.3) is 21.1 Å². The molecule has 1 aromatic heterocycles. The van der Waals surface area contributed by atoms with Gasteiger partial charge in [0.2, 0.25) is 0 Å². The number of rotatable bonds is 4. The smallest absolute Gasteiger partial charge is 0.268 e. The van der Waals surface area contributed by atoms with Crippen LogP contribution in [0.2, 0.25) is 0 Å². The molecule has 0 unspecified atom stereocenters. The van der Waals surface area contributed by atoms with Crippen molar-refractivity contribution in [3.8, 4) is 11.1 Å². The van der Waals surface area contributed by atoms with Crippen molar-refractivity contribution in [2.24, 2.45) is 0 Å². The Kier molecular flexibility index (Phi) is 3.90. The predicted molar refractivity (Wildman–Crippen MR) is 82.9 cm³/mol. The maximum absolute atomic E-state index is 12.4. The zero-order valence-electron chi connectivity index (χ0n) is 11.8. The number of hydrogen-bond donors (Lipinski definition) is 2. The minimum Gasteiger partial charge on any atom is -0.268 e. The van der Waals surface area contributed by atoms with E-state index in [2.05, 4.69) is 15.2 Å². The van der Waals surface area contributed by atoms with Crippen LogP contribution in [0.15, 0.2) is 66.1 Å². The molecule has 1 amide bonds. The number of carbonyl (C=O) groups excluding carboxylic acids is 1. The molecule has 0 aliphatic heterocycles. The van der Waals surface area contributed by atoms with Gasteiger partial charge in [-0.2, -0.15) is 13.5 Å². The van der Waals surface area contributed by atoms with Crippen LogP contribution in [0.5, 0.6) is 0 Å². The van der Waals surface area contributed by atoms with Crippen LogP contribution >= 0.6 is 0 Å². The molecule has 0 aliphatic rings. The van der Waals surface area contributed by atoms with Crippen molar-refractivity contribution in [1.29, 1.82) is 0 Å². The van der Waals surface area contributed by atoms with Crippen LogP contribution in [-0.4, -0.2) is 29.5 Å². The van der Waals surface area contributed by atoms with E-state index >= 15 is 0 Å². The first-order valence-corrected chi connectivity index (χ1v) is 8.13. The molecule has 23 heavy (non-hydrogen) atoms. The number of nitrogens with zero attached hydrogens (tertiary/aromatic N) is 2. The second kappa shape index (κ2) is 6.01. The van der Waals surface area contributed by atoms with E-state index in [0.29, 0.717) is 5.56 Å². The van der Waals surface area contributed by atoms with E-state index in [1.54, 1.807) is 24.3 Å². The van der Waals surface area contributed by atoms with E-state index in [1.807, 2.05) is 35.1 Å². The SMILES string of the molecule is O=C(NS(=O)(=O)c1ncn[nH]1)c1ccccc1-c1ccccc1. The van der Waals surface area contributed by atoms with Gasteiger partial charge >= 0.3 is 0 Å². The molecule has 3 aromatic rings. The molecule has 2 aromatic carbocycles. The number of sulfonamides is 1. The molecule has 8 heteroatoms. The molecule has 116 valence electrons. The first kappa shape index (κ1) is 14.9. The zero-order valence-corrected chi connectivity index (χ0v) is 12.6. The van der Waals surface area contributed by atoms with Gasteiger partial charge < -0.3 is 0 Å². The molecular weight excluding hydrogens is 316 g/mol. The van der Waals surface area contributed by atoms with Crippen molar-refractivity contribution in [1.82, 2.24) is 19.9 Å². The molecule has 2 N–H and O–H groups in total. The molecule has 0 radical (unpaired) electrons. The number of amides is 1. The summed E-state index contributed by atoms with van der Waals surface area (Å²) in [5, 5.41) is 5.27. The monoisotopic (exact) mass is 328 g/mol. The van der Waals surface area contributed by atoms with E-state index in [-0.39, 0.29) is 5.56 Å². The molecule has 0 saturated carbocycles. The fraction of sp³-hybridized carbons (Fsp3) is 0. The van der Waals surface area contributed by atoms with Crippen molar-refractivity contribution in [3.63, 3.8) is 0 Å². The highest BCUT2D eigenvalue weighted by Gasteiger charge is 2.23. The van der Waals surface area contributed by atoms with Crippen molar-refractivity contribution in [3.05, 3.63) is 66.5 Å². The maximum Gasteiger partial charge on any atom is 0.299 e. The van der Waals surface area contributed by atoms with Gasteiger partial charge in [0.1, 0.15) is 6.33 Å². The fourth-order valence-corrected chi connectivity index (χ4v) is 2.91. The quantitative estimate of drug-likeness (QED) is 0.757. The molecule has 0 atom stereocenters. The Labute approximate surface area is 132 Å². The molecule has 0 bridgehead atoms. The van der Waals surface area contributed by atoms with Gasteiger partial charge in [-0.25, -0.2) is 14.8 Å². The third-order valence-electron chi connectivity index (χ3n) is 3.13.